The molecule has 1 saturated heterocycles. The van der Waals surface area contributed by atoms with Crippen LogP contribution in [0, 0.1) is 0 Å². The SMILES string of the molecule is NC1CNC(S(=O)(=O)c2[nH]nc3ccccc23)C1. The molecule has 1 aromatic carbocycles. The number of hydrogen-bond donors (Lipinski definition) is 3. The first-order valence-electron chi connectivity index (χ1n) is 5.75. The highest BCUT2D eigenvalue weighted by Gasteiger charge is 2.35. The molecule has 1 aliphatic heterocycles. The van der Waals surface area contributed by atoms with Crippen molar-refractivity contribution in [2.45, 2.75) is 22.9 Å². The molecule has 2 aromatic rings. The van der Waals surface area contributed by atoms with Crippen molar-refractivity contribution in [2.24, 2.45) is 5.73 Å². The average molecular weight is 266 g/mol. The van der Waals surface area contributed by atoms with Crippen LogP contribution < -0.4 is 11.1 Å². The molecule has 0 saturated carbocycles. The van der Waals surface area contributed by atoms with Gasteiger partial charge in [-0.2, -0.15) is 5.10 Å². The maximum absolute atomic E-state index is 12.5. The molecule has 0 amide bonds. The third-order valence-electron chi connectivity index (χ3n) is 3.21. The summed E-state index contributed by atoms with van der Waals surface area (Å²) in [7, 11) is -3.46. The van der Waals surface area contributed by atoms with E-state index in [0.717, 1.165) is 0 Å². The largest absolute Gasteiger partial charge is 0.326 e. The zero-order chi connectivity index (χ0) is 12.8. The number of H-pyrrole nitrogens is 1. The minimum Gasteiger partial charge on any atom is -0.326 e. The van der Waals surface area contributed by atoms with Crippen LogP contribution >= 0.6 is 0 Å². The van der Waals surface area contributed by atoms with Crippen LogP contribution in [0.3, 0.4) is 0 Å². The van der Waals surface area contributed by atoms with E-state index in [1.54, 1.807) is 18.2 Å². The van der Waals surface area contributed by atoms with Crippen molar-refractivity contribution in [3.05, 3.63) is 24.3 Å². The zero-order valence-corrected chi connectivity index (χ0v) is 10.4. The Labute approximate surface area is 104 Å². The fourth-order valence-corrected chi connectivity index (χ4v) is 4.01. The van der Waals surface area contributed by atoms with Crippen molar-refractivity contribution in [1.29, 1.82) is 0 Å². The van der Waals surface area contributed by atoms with Gasteiger partial charge in [0.1, 0.15) is 5.37 Å². The maximum atomic E-state index is 12.5. The lowest BCUT2D eigenvalue weighted by atomic mass is 10.3. The van der Waals surface area contributed by atoms with Crippen LogP contribution in [-0.4, -0.2) is 36.6 Å². The minimum atomic E-state index is -3.46. The summed E-state index contributed by atoms with van der Waals surface area (Å²) in [5, 5.41) is 9.75. The molecule has 18 heavy (non-hydrogen) atoms. The summed E-state index contributed by atoms with van der Waals surface area (Å²) < 4.78 is 24.9. The first kappa shape index (κ1) is 11.6. The minimum absolute atomic E-state index is 0.112. The highest BCUT2D eigenvalue weighted by Crippen LogP contribution is 2.25. The Morgan fingerprint density at radius 1 is 1.33 bits per heavy atom. The van der Waals surface area contributed by atoms with Crippen molar-refractivity contribution < 1.29 is 8.42 Å². The van der Waals surface area contributed by atoms with Crippen LogP contribution in [0.4, 0.5) is 0 Å². The van der Waals surface area contributed by atoms with Gasteiger partial charge >= 0.3 is 0 Å². The Morgan fingerprint density at radius 2 is 2.11 bits per heavy atom. The van der Waals surface area contributed by atoms with E-state index in [1.807, 2.05) is 6.07 Å². The van der Waals surface area contributed by atoms with Crippen molar-refractivity contribution in [2.75, 3.05) is 6.54 Å². The molecule has 0 radical (unpaired) electrons. The second-order valence-corrected chi connectivity index (χ2v) is 6.57. The molecular formula is C11H14N4O2S. The van der Waals surface area contributed by atoms with Gasteiger partial charge in [0, 0.05) is 18.0 Å². The number of nitrogens with two attached hydrogens (primary N) is 1. The summed E-state index contributed by atoms with van der Waals surface area (Å²) in [5.41, 5.74) is 6.39. The van der Waals surface area contributed by atoms with E-state index in [2.05, 4.69) is 15.5 Å². The molecule has 1 aromatic heterocycles. The van der Waals surface area contributed by atoms with E-state index < -0.39 is 15.2 Å². The lowest BCUT2D eigenvalue weighted by Gasteiger charge is -2.10. The Morgan fingerprint density at radius 3 is 2.83 bits per heavy atom. The standard InChI is InChI=1S/C11H14N4O2S/c12-7-5-10(13-6-7)18(16,17)11-8-3-1-2-4-9(8)14-15-11/h1-4,7,10,13H,5-6,12H2,(H,14,15). The molecule has 96 valence electrons. The van der Waals surface area contributed by atoms with Crippen LogP contribution in [0.2, 0.25) is 0 Å². The number of para-hydroxylation sites is 1. The maximum Gasteiger partial charge on any atom is 0.211 e. The van der Waals surface area contributed by atoms with Gasteiger partial charge in [0.05, 0.1) is 5.52 Å². The van der Waals surface area contributed by atoms with E-state index in [4.69, 9.17) is 5.73 Å². The van der Waals surface area contributed by atoms with Crippen molar-refractivity contribution in [1.82, 2.24) is 15.5 Å². The Balaban J connectivity index is 2.08. The summed E-state index contributed by atoms with van der Waals surface area (Å²) in [5.74, 6) is 0. The lowest BCUT2D eigenvalue weighted by molar-refractivity contribution is 0.567. The number of aromatic nitrogens is 2. The van der Waals surface area contributed by atoms with E-state index in [0.29, 0.717) is 23.9 Å². The number of aromatic amines is 1. The molecule has 2 heterocycles. The van der Waals surface area contributed by atoms with Crippen LogP contribution in [-0.2, 0) is 9.84 Å². The smallest absolute Gasteiger partial charge is 0.211 e. The van der Waals surface area contributed by atoms with Crippen LogP contribution in [0.15, 0.2) is 29.3 Å². The Bertz CT molecular complexity index is 679. The monoisotopic (exact) mass is 266 g/mol. The Hall–Kier alpha value is -1.44. The molecule has 1 aliphatic rings. The molecule has 4 N–H and O–H groups in total. The summed E-state index contributed by atoms with van der Waals surface area (Å²) in [6.45, 7) is 0.524. The highest BCUT2D eigenvalue weighted by atomic mass is 32.2. The first-order chi connectivity index (χ1) is 8.59. The molecule has 6 nitrogen and oxygen atoms in total. The van der Waals surface area contributed by atoms with Gasteiger partial charge in [-0.05, 0) is 18.6 Å². The van der Waals surface area contributed by atoms with E-state index in [-0.39, 0.29) is 11.1 Å². The van der Waals surface area contributed by atoms with Gasteiger partial charge in [-0.3, -0.25) is 10.4 Å². The quantitative estimate of drug-likeness (QED) is 0.709. The van der Waals surface area contributed by atoms with Gasteiger partial charge in [-0.1, -0.05) is 12.1 Å². The summed E-state index contributed by atoms with van der Waals surface area (Å²) in [6.07, 6.45) is 0.426. The van der Waals surface area contributed by atoms with Gasteiger partial charge in [0.25, 0.3) is 0 Å². The van der Waals surface area contributed by atoms with E-state index >= 15 is 0 Å². The topological polar surface area (TPSA) is 101 Å². The second kappa shape index (κ2) is 4.04. The lowest BCUT2D eigenvalue weighted by Crippen LogP contribution is -2.31. The molecule has 0 aliphatic carbocycles. The fraction of sp³-hybridized carbons (Fsp3) is 0.364. The number of fused-ring (bicyclic) bond motifs is 1. The number of sulfone groups is 1. The molecular weight excluding hydrogens is 252 g/mol. The molecule has 7 heteroatoms. The average Bonchev–Trinajstić information content (AvgIpc) is 2.95. The summed E-state index contributed by atoms with van der Waals surface area (Å²) in [4.78, 5) is 0. The summed E-state index contributed by atoms with van der Waals surface area (Å²) in [6, 6.07) is 7.03. The van der Waals surface area contributed by atoms with Crippen LogP contribution in [0.1, 0.15) is 6.42 Å². The van der Waals surface area contributed by atoms with Gasteiger partial charge in [-0.15, -0.1) is 0 Å². The highest BCUT2D eigenvalue weighted by molar-refractivity contribution is 7.92. The van der Waals surface area contributed by atoms with Gasteiger partial charge in [0.2, 0.25) is 9.84 Å². The van der Waals surface area contributed by atoms with Crippen LogP contribution in [0.5, 0.6) is 0 Å². The van der Waals surface area contributed by atoms with Crippen molar-refractivity contribution in [3.63, 3.8) is 0 Å². The molecule has 0 spiro atoms. The van der Waals surface area contributed by atoms with Crippen molar-refractivity contribution in [3.8, 4) is 0 Å². The first-order valence-corrected chi connectivity index (χ1v) is 7.29. The van der Waals surface area contributed by atoms with Gasteiger partial charge in [-0.25, -0.2) is 8.42 Å². The number of benzene rings is 1. The van der Waals surface area contributed by atoms with Gasteiger partial charge < -0.3 is 5.73 Å². The van der Waals surface area contributed by atoms with E-state index in [1.165, 1.54) is 0 Å². The fourth-order valence-electron chi connectivity index (χ4n) is 2.25. The number of nitrogens with one attached hydrogen (secondary N) is 2. The van der Waals surface area contributed by atoms with Crippen LogP contribution in [0.25, 0.3) is 10.9 Å². The predicted octanol–water partition coefficient (Wildman–Crippen LogP) is -0.0167. The number of rotatable bonds is 2. The molecule has 3 rings (SSSR count). The molecule has 0 bridgehead atoms. The number of hydrogen-bond acceptors (Lipinski definition) is 5. The normalized spacial score (nSPS) is 24.7. The zero-order valence-electron chi connectivity index (χ0n) is 9.63. The van der Waals surface area contributed by atoms with E-state index in [9.17, 15) is 8.42 Å². The van der Waals surface area contributed by atoms with Crippen molar-refractivity contribution >= 4 is 20.7 Å². The molecule has 2 unspecified atom stereocenters. The molecule has 1 fully saturated rings. The summed E-state index contributed by atoms with van der Waals surface area (Å²) >= 11 is 0. The van der Waals surface area contributed by atoms with Gasteiger partial charge in [0.15, 0.2) is 5.03 Å². The number of nitrogens with zero attached hydrogens (tertiary/aromatic N) is 1. The third-order valence-corrected chi connectivity index (χ3v) is 5.20. The third kappa shape index (κ3) is 1.71. The predicted molar refractivity (Wildman–Crippen MR) is 67.7 cm³/mol. The Kier molecular flexibility index (Phi) is 2.61. The second-order valence-electron chi connectivity index (χ2n) is 4.51. The molecule has 2 atom stereocenters.